The molecule has 0 aliphatic rings. The maximum atomic E-state index is 11.5. The summed E-state index contributed by atoms with van der Waals surface area (Å²) < 4.78 is 6.84. The molecule has 0 saturated heterocycles. The molecule has 0 aliphatic heterocycles. The standard InChI is InChI=1S/C11H13ClN4O2/c1-13-3-4-18-11-7(12)5-8-10(15-11)16(2)9(17)6-14-8/h5-6,13H,3-4H2,1-2H3. The molecular formula is C11H13ClN4O2. The number of aryl methyl sites for hydroxylation is 1. The van der Waals surface area contributed by atoms with Crippen molar-refractivity contribution in [3.05, 3.63) is 27.6 Å². The van der Waals surface area contributed by atoms with Gasteiger partial charge in [0.25, 0.3) is 5.56 Å². The predicted molar refractivity (Wildman–Crippen MR) is 69.2 cm³/mol. The second-order valence-corrected chi connectivity index (χ2v) is 4.13. The molecule has 2 aromatic heterocycles. The van der Waals surface area contributed by atoms with Gasteiger partial charge in [-0.1, -0.05) is 11.6 Å². The Bertz CT molecular complexity index is 626. The lowest BCUT2D eigenvalue weighted by molar-refractivity contribution is 0.307. The molecule has 0 unspecified atom stereocenters. The zero-order valence-corrected chi connectivity index (χ0v) is 10.9. The Labute approximate surface area is 109 Å². The first kappa shape index (κ1) is 12.8. The number of aromatic nitrogens is 3. The van der Waals surface area contributed by atoms with Gasteiger partial charge < -0.3 is 10.1 Å². The molecule has 96 valence electrons. The number of hydrogen-bond acceptors (Lipinski definition) is 5. The number of nitrogens with zero attached hydrogens (tertiary/aromatic N) is 3. The molecule has 0 saturated carbocycles. The van der Waals surface area contributed by atoms with E-state index in [1.165, 1.54) is 10.8 Å². The SMILES string of the molecule is CNCCOc1nc2c(cc1Cl)ncc(=O)n2C. The summed E-state index contributed by atoms with van der Waals surface area (Å²) >= 11 is 6.04. The van der Waals surface area contributed by atoms with Crippen molar-refractivity contribution in [2.75, 3.05) is 20.2 Å². The van der Waals surface area contributed by atoms with E-state index in [9.17, 15) is 4.79 Å². The van der Waals surface area contributed by atoms with E-state index >= 15 is 0 Å². The zero-order chi connectivity index (χ0) is 13.1. The monoisotopic (exact) mass is 268 g/mol. The van der Waals surface area contributed by atoms with E-state index in [-0.39, 0.29) is 5.56 Å². The molecule has 0 radical (unpaired) electrons. The lowest BCUT2D eigenvalue weighted by atomic mass is 10.4. The van der Waals surface area contributed by atoms with E-state index in [4.69, 9.17) is 16.3 Å². The van der Waals surface area contributed by atoms with Gasteiger partial charge in [-0.05, 0) is 13.1 Å². The third kappa shape index (κ3) is 2.44. The van der Waals surface area contributed by atoms with Crippen LogP contribution in [0.3, 0.4) is 0 Å². The average Bonchev–Trinajstić information content (AvgIpc) is 2.36. The first-order valence-electron chi connectivity index (χ1n) is 5.43. The van der Waals surface area contributed by atoms with Crippen LogP contribution in [0.4, 0.5) is 0 Å². The fourth-order valence-corrected chi connectivity index (χ4v) is 1.66. The van der Waals surface area contributed by atoms with Gasteiger partial charge in [-0.3, -0.25) is 9.36 Å². The molecule has 2 aromatic rings. The van der Waals surface area contributed by atoms with E-state index in [1.807, 2.05) is 7.05 Å². The van der Waals surface area contributed by atoms with Crippen molar-refractivity contribution in [2.45, 2.75) is 0 Å². The Hall–Kier alpha value is -1.66. The minimum absolute atomic E-state index is 0.224. The van der Waals surface area contributed by atoms with Crippen LogP contribution >= 0.6 is 11.6 Å². The topological polar surface area (TPSA) is 69.0 Å². The minimum Gasteiger partial charge on any atom is -0.475 e. The fraction of sp³-hybridized carbons (Fsp3) is 0.364. The number of halogens is 1. The maximum absolute atomic E-state index is 11.5. The summed E-state index contributed by atoms with van der Waals surface area (Å²) in [4.78, 5) is 19.7. The van der Waals surface area contributed by atoms with E-state index < -0.39 is 0 Å². The molecule has 18 heavy (non-hydrogen) atoms. The molecule has 0 aliphatic carbocycles. The third-order valence-corrected chi connectivity index (χ3v) is 2.73. The summed E-state index contributed by atoms with van der Waals surface area (Å²) in [5.74, 6) is 0.308. The number of fused-ring (bicyclic) bond motifs is 1. The van der Waals surface area contributed by atoms with Crippen LogP contribution in [0, 0.1) is 0 Å². The van der Waals surface area contributed by atoms with Gasteiger partial charge in [-0.2, -0.15) is 4.98 Å². The van der Waals surface area contributed by atoms with Crippen LogP contribution < -0.4 is 15.6 Å². The van der Waals surface area contributed by atoms with Crippen molar-refractivity contribution in [3.8, 4) is 5.88 Å². The van der Waals surface area contributed by atoms with Gasteiger partial charge in [0.2, 0.25) is 5.88 Å². The van der Waals surface area contributed by atoms with E-state index in [0.29, 0.717) is 35.2 Å². The maximum Gasteiger partial charge on any atom is 0.270 e. The third-order valence-electron chi connectivity index (χ3n) is 2.46. The number of hydrogen-bond donors (Lipinski definition) is 1. The molecule has 0 spiro atoms. The van der Waals surface area contributed by atoms with Crippen LogP contribution in [0.25, 0.3) is 11.2 Å². The molecule has 7 heteroatoms. The van der Waals surface area contributed by atoms with Crippen LogP contribution in [-0.4, -0.2) is 34.7 Å². The van der Waals surface area contributed by atoms with Crippen molar-refractivity contribution in [3.63, 3.8) is 0 Å². The second kappa shape index (κ2) is 5.32. The lowest BCUT2D eigenvalue weighted by Crippen LogP contribution is -2.19. The molecule has 6 nitrogen and oxygen atoms in total. The normalized spacial score (nSPS) is 10.8. The number of pyridine rings is 1. The lowest BCUT2D eigenvalue weighted by Gasteiger charge is -2.09. The van der Waals surface area contributed by atoms with Gasteiger partial charge in [0.15, 0.2) is 5.65 Å². The molecule has 2 heterocycles. The summed E-state index contributed by atoms with van der Waals surface area (Å²) in [6, 6.07) is 1.64. The zero-order valence-electron chi connectivity index (χ0n) is 10.1. The van der Waals surface area contributed by atoms with E-state index in [2.05, 4.69) is 15.3 Å². The highest BCUT2D eigenvalue weighted by Crippen LogP contribution is 2.24. The first-order valence-corrected chi connectivity index (χ1v) is 5.81. The molecule has 0 atom stereocenters. The van der Waals surface area contributed by atoms with Gasteiger partial charge in [0.1, 0.15) is 17.1 Å². The average molecular weight is 269 g/mol. The Kier molecular flexibility index (Phi) is 3.78. The number of ether oxygens (including phenoxy) is 1. The summed E-state index contributed by atoms with van der Waals surface area (Å²) in [7, 11) is 3.46. The van der Waals surface area contributed by atoms with Gasteiger partial charge in [-0.25, -0.2) is 4.98 Å². The molecule has 0 amide bonds. The predicted octanol–water partition coefficient (Wildman–Crippen LogP) is 0.580. The van der Waals surface area contributed by atoms with E-state index in [1.54, 1.807) is 13.1 Å². The summed E-state index contributed by atoms with van der Waals surface area (Å²) in [5, 5.41) is 3.33. The van der Waals surface area contributed by atoms with Crippen molar-refractivity contribution >= 4 is 22.8 Å². The van der Waals surface area contributed by atoms with Crippen molar-refractivity contribution in [2.24, 2.45) is 7.05 Å². The molecule has 0 fully saturated rings. The molecule has 0 bridgehead atoms. The number of likely N-dealkylation sites (N-methyl/N-ethyl adjacent to an activating group) is 1. The smallest absolute Gasteiger partial charge is 0.270 e. The summed E-state index contributed by atoms with van der Waals surface area (Å²) in [6.45, 7) is 1.13. The summed E-state index contributed by atoms with van der Waals surface area (Å²) in [6.07, 6.45) is 1.24. The number of nitrogens with one attached hydrogen (secondary N) is 1. The van der Waals surface area contributed by atoms with Crippen LogP contribution in [-0.2, 0) is 7.05 Å². The van der Waals surface area contributed by atoms with Crippen molar-refractivity contribution < 1.29 is 4.74 Å². The van der Waals surface area contributed by atoms with Gasteiger partial charge in [0, 0.05) is 13.6 Å². The molecule has 1 N–H and O–H groups in total. The Morgan fingerprint density at radius 1 is 1.56 bits per heavy atom. The largest absolute Gasteiger partial charge is 0.475 e. The Morgan fingerprint density at radius 2 is 2.33 bits per heavy atom. The van der Waals surface area contributed by atoms with E-state index in [0.717, 1.165) is 0 Å². The first-order chi connectivity index (χ1) is 8.63. The fourth-order valence-electron chi connectivity index (χ4n) is 1.46. The van der Waals surface area contributed by atoms with Crippen LogP contribution in [0.2, 0.25) is 5.02 Å². The highest BCUT2D eigenvalue weighted by Gasteiger charge is 2.09. The molecule has 0 aromatic carbocycles. The van der Waals surface area contributed by atoms with Gasteiger partial charge >= 0.3 is 0 Å². The van der Waals surface area contributed by atoms with Gasteiger partial charge in [-0.15, -0.1) is 0 Å². The highest BCUT2D eigenvalue weighted by atomic mass is 35.5. The van der Waals surface area contributed by atoms with Crippen LogP contribution in [0.15, 0.2) is 17.1 Å². The molecular weight excluding hydrogens is 256 g/mol. The van der Waals surface area contributed by atoms with Crippen molar-refractivity contribution in [1.29, 1.82) is 0 Å². The van der Waals surface area contributed by atoms with Gasteiger partial charge in [0.05, 0.1) is 6.20 Å². The van der Waals surface area contributed by atoms with Crippen molar-refractivity contribution in [1.82, 2.24) is 19.9 Å². The quantitative estimate of drug-likeness (QED) is 0.822. The van der Waals surface area contributed by atoms with Crippen LogP contribution in [0.1, 0.15) is 0 Å². The number of rotatable bonds is 4. The Balaban J connectivity index is 2.45. The Morgan fingerprint density at radius 3 is 3.06 bits per heavy atom. The summed E-state index contributed by atoms with van der Waals surface area (Å²) in [5.41, 5.74) is 0.785. The minimum atomic E-state index is -0.224. The van der Waals surface area contributed by atoms with Crippen LogP contribution in [0.5, 0.6) is 5.88 Å². The second-order valence-electron chi connectivity index (χ2n) is 3.73. The highest BCUT2D eigenvalue weighted by molar-refractivity contribution is 6.32. The molecule has 2 rings (SSSR count).